The summed E-state index contributed by atoms with van der Waals surface area (Å²) < 4.78 is 35.6. The summed E-state index contributed by atoms with van der Waals surface area (Å²) in [5.74, 6) is 0.623. The number of hydrogen-bond acceptors (Lipinski definition) is 5. The molecule has 3 aromatic rings. The van der Waals surface area contributed by atoms with Crippen molar-refractivity contribution in [3.8, 4) is 0 Å². The molecule has 0 amide bonds. The summed E-state index contributed by atoms with van der Waals surface area (Å²) in [7, 11) is -1.97. The highest BCUT2D eigenvalue weighted by molar-refractivity contribution is 7.89. The molecule has 0 aliphatic carbocycles. The second-order valence-electron chi connectivity index (χ2n) is 4.72. The van der Waals surface area contributed by atoms with Crippen LogP contribution in [0.1, 0.15) is 11.8 Å². The lowest BCUT2D eigenvalue weighted by Crippen LogP contribution is -2.31. The van der Waals surface area contributed by atoms with Crippen molar-refractivity contribution >= 4 is 10.0 Å². The molecular weight excluding hydrogens is 306 g/mol. The van der Waals surface area contributed by atoms with E-state index in [2.05, 4.69) is 14.9 Å². The van der Waals surface area contributed by atoms with Gasteiger partial charge in [-0.25, -0.2) is 13.1 Å². The molecule has 0 unspecified atom stereocenters. The van der Waals surface area contributed by atoms with Crippen LogP contribution in [0.25, 0.3) is 0 Å². The van der Waals surface area contributed by atoms with E-state index in [9.17, 15) is 8.42 Å². The fourth-order valence-corrected chi connectivity index (χ4v) is 3.10. The molecule has 0 fully saturated rings. The quantitative estimate of drug-likeness (QED) is 0.724. The average Bonchev–Trinajstić information content (AvgIpc) is 3.20. The summed E-state index contributed by atoms with van der Waals surface area (Å²) in [5.41, 5.74) is 0. The zero-order chi connectivity index (χ0) is 15.6. The predicted molar refractivity (Wildman–Crippen MR) is 77.5 cm³/mol. The summed E-state index contributed by atoms with van der Waals surface area (Å²) in [6.07, 6.45) is 7.68. The van der Waals surface area contributed by atoms with Crippen LogP contribution >= 0.6 is 0 Å². The second kappa shape index (κ2) is 5.78. The highest BCUT2D eigenvalue weighted by atomic mass is 32.2. The summed E-state index contributed by atoms with van der Waals surface area (Å²) >= 11 is 0. The van der Waals surface area contributed by atoms with Crippen LogP contribution in [0.15, 0.2) is 58.6 Å². The zero-order valence-corrected chi connectivity index (χ0v) is 12.6. The maximum atomic E-state index is 12.3. The van der Waals surface area contributed by atoms with Gasteiger partial charge in [-0.15, -0.1) is 0 Å². The van der Waals surface area contributed by atoms with Gasteiger partial charge in [-0.1, -0.05) is 0 Å². The normalized spacial score (nSPS) is 13.3. The smallest absolute Gasteiger partial charge is 0.243 e. The number of aromatic nitrogens is 4. The van der Waals surface area contributed by atoms with Gasteiger partial charge in [0.05, 0.1) is 12.5 Å². The Kier molecular flexibility index (Phi) is 3.82. The van der Waals surface area contributed by atoms with Gasteiger partial charge in [-0.2, -0.15) is 10.2 Å². The predicted octanol–water partition coefficient (Wildman–Crippen LogP) is 0.777. The number of rotatable bonds is 6. The van der Waals surface area contributed by atoms with Gasteiger partial charge < -0.3 is 4.42 Å². The molecule has 0 saturated heterocycles. The Hall–Kier alpha value is -2.39. The Morgan fingerprint density at radius 3 is 2.82 bits per heavy atom. The molecule has 116 valence electrons. The van der Waals surface area contributed by atoms with E-state index in [1.165, 1.54) is 17.1 Å². The molecule has 1 atom stereocenters. The van der Waals surface area contributed by atoms with Crippen LogP contribution in [-0.2, 0) is 17.1 Å². The minimum atomic E-state index is -3.63. The van der Waals surface area contributed by atoms with E-state index in [1.54, 1.807) is 48.6 Å². The Balaban J connectivity index is 1.80. The van der Waals surface area contributed by atoms with Crippen LogP contribution in [0.2, 0.25) is 0 Å². The van der Waals surface area contributed by atoms with Crippen LogP contribution in [0.5, 0.6) is 0 Å². The summed E-state index contributed by atoms with van der Waals surface area (Å²) in [4.78, 5) is 0.119. The standard InChI is InChI=1S/C13H15N5O3S/c1-17-10-11(8-15-17)22(19,20)16-9-12(13-4-2-7-21-13)18-6-3-5-14-18/h2-8,10,12,16H,9H2,1H3/t12-/m1/s1. The molecule has 3 heterocycles. The van der Waals surface area contributed by atoms with E-state index in [4.69, 9.17) is 4.42 Å². The van der Waals surface area contributed by atoms with Gasteiger partial charge in [-0.3, -0.25) is 9.36 Å². The van der Waals surface area contributed by atoms with Crippen molar-refractivity contribution in [2.75, 3.05) is 6.54 Å². The van der Waals surface area contributed by atoms with Crippen LogP contribution in [-0.4, -0.2) is 34.5 Å². The maximum absolute atomic E-state index is 12.3. The molecule has 0 aromatic carbocycles. The van der Waals surface area contributed by atoms with E-state index >= 15 is 0 Å². The molecule has 22 heavy (non-hydrogen) atoms. The minimum Gasteiger partial charge on any atom is -0.467 e. The topological polar surface area (TPSA) is 95.0 Å². The maximum Gasteiger partial charge on any atom is 0.243 e. The van der Waals surface area contributed by atoms with Crippen LogP contribution in [0.4, 0.5) is 0 Å². The molecular formula is C13H15N5O3S. The summed E-state index contributed by atoms with van der Waals surface area (Å²) in [6, 6.07) is 4.94. The largest absolute Gasteiger partial charge is 0.467 e. The molecule has 1 N–H and O–H groups in total. The molecule has 3 aromatic heterocycles. The molecule has 0 spiro atoms. The number of aryl methyl sites for hydroxylation is 1. The van der Waals surface area contributed by atoms with Crippen molar-refractivity contribution in [1.82, 2.24) is 24.3 Å². The third-order valence-electron chi connectivity index (χ3n) is 3.17. The van der Waals surface area contributed by atoms with Crippen molar-refractivity contribution in [1.29, 1.82) is 0 Å². The van der Waals surface area contributed by atoms with Gasteiger partial charge in [0.1, 0.15) is 16.7 Å². The number of hydrogen-bond donors (Lipinski definition) is 1. The average molecular weight is 321 g/mol. The van der Waals surface area contributed by atoms with E-state index in [-0.39, 0.29) is 17.5 Å². The highest BCUT2D eigenvalue weighted by Gasteiger charge is 2.22. The van der Waals surface area contributed by atoms with E-state index in [0.717, 1.165) is 0 Å². The number of nitrogens with one attached hydrogen (secondary N) is 1. The first-order valence-corrected chi connectivity index (χ1v) is 8.05. The van der Waals surface area contributed by atoms with Crippen molar-refractivity contribution < 1.29 is 12.8 Å². The Morgan fingerprint density at radius 1 is 1.36 bits per heavy atom. The van der Waals surface area contributed by atoms with Crippen molar-refractivity contribution in [3.63, 3.8) is 0 Å². The van der Waals surface area contributed by atoms with Gasteiger partial charge in [0.25, 0.3) is 0 Å². The molecule has 0 aliphatic rings. The molecule has 0 radical (unpaired) electrons. The fourth-order valence-electron chi connectivity index (χ4n) is 2.08. The number of nitrogens with zero attached hydrogens (tertiary/aromatic N) is 4. The molecule has 9 heteroatoms. The van der Waals surface area contributed by atoms with Crippen molar-refractivity contribution in [2.24, 2.45) is 7.05 Å². The van der Waals surface area contributed by atoms with Gasteiger partial charge in [-0.05, 0) is 18.2 Å². The minimum absolute atomic E-state index is 0.117. The third-order valence-corrected chi connectivity index (χ3v) is 4.55. The van der Waals surface area contributed by atoms with Crippen LogP contribution in [0, 0.1) is 0 Å². The highest BCUT2D eigenvalue weighted by Crippen LogP contribution is 2.18. The first-order chi connectivity index (χ1) is 10.6. The van der Waals surface area contributed by atoms with Gasteiger partial charge in [0.2, 0.25) is 10.0 Å². The molecule has 0 saturated carbocycles. The summed E-state index contributed by atoms with van der Waals surface area (Å²) in [5, 5.41) is 8.03. The SMILES string of the molecule is Cn1cc(S(=O)(=O)NC[C@H](c2ccco2)n2cccn2)cn1. The molecule has 3 rings (SSSR count). The molecule has 0 bridgehead atoms. The third kappa shape index (κ3) is 2.95. The zero-order valence-electron chi connectivity index (χ0n) is 11.8. The van der Waals surface area contributed by atoms with E-state index in [0.29, 0.717) is 5.76 Å². The monoisotopic (exact) mass is 321 g/mol. The van der Waals surface area contributed by atoms with Crippen LogP contribution < -0.4 is 4.72 Å². The first-order valence-electron chi connectivity index (χ1n) is 6.57. The lowest BCUT2D eigenvalue weighted by Gasteiger charge is -2.15. The van der Waals surface area contributed by atoms with Gasteiger partial charge in [0.15, 0.2) is 0 Å². The summed E-state index contributed by atoms with van der Waals surface area (Å²) in [6.45, 7) is 0.117. The van der Waals surface area contributed by atoms with Crippen molar-refractivity contribution in [3.05, 3.63) is 55.0 Å². The van der Waals surface area contributed by atoms with Crippen molar-refractivity contribution in [2.45, 2.75) is 10.9 Å². The second-order valence-corrected chi connectivity index (χ2v) is 6.49. The fraction of sp³-hybridized carbons (Fsp3) is 0.231. The van der Waals surface area contributed by atoms with E-state index < -0.39 is 10.0 Å². The Labute approximate surface area is 127 Å². The van der Waals surface area contributed by atoms with Gasteiger partial charge in [0, 0.05) is 32.2 Å². The Bertz CT molecular complexity index is 787. The van der Waals surface area contributed by atoms with E-state index in [1.807, 2.05) is 0 Å². The molecule has 0 aliphatic heterocycles. The Morgan fingerprint density at radius 2 is 2.23 bits per heavy atom. The number of furan rings is 1. The first kappa shape index (κ1) is 14.5. The molecule has 8 nitrogen and oxygen atoms in total. The lowest BCUT2D eigenvalue weighted by molar-refractivity contribution is 0.402. The lowest BCUT2D eigenvalue weighted by atomic mass is 10.2. The van der Waals surface area contributed by atoms with Crippen LogP contribution in [0.3, 0.4) is 0 Å². The number of sulfonamides is 1. The van der Waals surface area contributed by atoms with Gasteiger partial charge >= 0.3 is 0 Å².